The van der Waals surface area contributed by atoms with Gasteiger partial charge in [-0.1, -0.05) is 11.3 Å². The Kier molecular flexibility index (Phi) is 6.48. The number of nitrogens with zero attached hydrogens (tertiary/aromatic N) is 6. The summed E-state index contributed by atoms with van der Waals surface area (Å²) < 4.78 is 20.2. The molecule has 0 aliphatic carbocycles. The maximum Gasteiger partial charge on any atom is 0.328 e. The molecular formula is C23H20FN7O5S. The van der Waals surface area contributed by atoms with Crippen molar-refractivity contribution in [3.8, 4) is 5.69 Å². The van der Waals surface area contributed by atoms with Crippen LogP contribution >= 0.6 is 11.3 Å². The number of anilines is 2. The largest absolute Gasteiger partial charge is 0.464 e. The second-order valence-electron chi connectivity index (χ2n) is 8.09. The zero-order chi connectivity index (χ0) is 26.1. The zero-order valence-electron chi connectivity index (χ0n) is 19.5. The first kappa shape index (κ1) is 24.2. The van der Waals surface area contributed by atoms with E-state index in [9.17, 15) is 24.1 Å². The van der Waals surface area contributed by atoms with E-state index in [-0.39, 0.29) is 28.3 Å². The molecule has 0 bridgehead atoms. The molecule has 1 aliphatic heterocycles. The molecule has 1 N–H and O–H groups in total. The average molecular weight is 526 g/mol. The van der Waals surface area contributed by atoms with Gasteiger partial charge < -0.3 is 15.0 Å². The van der Waals surface area contributed by atoms with Crippen LogP contribution in [-0.2, 0) is 9.53 Å². The summed E-state index contributed by atoms with van der Waals surface area (Å²) in [5, 5.41) is 18.3. The molecule has 0 unspecified atom stereocenters. The van der Waals surface area contributed by atoms with Crippen molar-refractivity contribution in [1.82, 2.24) is 19.7 Å². The molecule has 1 atom stereocenters. The van der Waals surface area contributed by atoms with Crippen molar-refractivity contribution >= 4 is 51.0 Å². The summed E-state index contributed by atoms with van der Waals surface area (Å²) in [6.07, 6.45) is 2.72. The summed E-state index contributed by atoms with van der Waals surface area (Å²) >= 11 is 0.734. The minimum Gasteiger partial charge on any atom is -0.464 e. The number of ether oxygens (including phenoxy) is 1. The molecule has 5 rings (SSSR count). The summed E-state index contributed by atoms with van der Waals surface area (Å²) in [6, 6.07) is 7.65. The third kappa shape index (κ3) is 4.70. The van der Waals surface area contributed by atoms with E-state index in [0.717, 1.165) is 11.3 Å². The third-order valence-corrected chi connectivity index (χ3v) is 6.82. The van der Waals surface area contributed by atoms with Crippen LogP contribution in [0.25, 0.3) is 16.7 Å². The molecule has 190 valence electrons. The highest BCUT2D eigenvalue weighted by Gasteiger charge is 2.34. The Morgan fingerprint density at radius 1 is 1.24 bits per heavy atom. The lowest BCUT2D eigenvalue weighted by Crippen LogP contribution is -2.38. The SMILES string of the molecule is CCOC(=O)[C@@H]1CCCN1c1nc(NC(=O)c2ccc([N+](=O)[O-])s2)c2cnn(-c3ccc(F)cc3)c2n1. The van der Waals surface area contributed by atoms with Crippen LogP contribution < -0.4 is 10.2 Å². The lowest BCUT2D eigenvalue weighted by molar-refractivity contribution is -0.380. The van der Waals surface area contributed by atoms with Gasteiger partial charge in [-0.2, -0.15) is 15.1 Å². The number of halogens is 1. The Morgan fingerprint density at radius 3 is 2.73 bits per heavy atom. The number of esters is 1. The van der Waals surface area contributed by atoms with E-state index in [1.165, 1.54) is 47.3 Å². The van der Waals surface area contributed by atoms with Gasteiger partial charge >= 0.3 is 11.0 Å². The number of benzene rings is 1. The molecule has 0 radical (unpaired) electrons. The third-order valence-electron chi connectivity index (χ3n) is 5.78. The Balaban J connectivity index is 1.59. The molecule has 1 fully saturated rings. The highest BCUT2D eigenvalue weighted by Crippen LogP contribution is 2.31. The smallest absolute Gasteiger partial charge is 0.328 e. The number of amides is 1. The molecule has 1 saturated heterocycles. The number of carbonyl (C=O) groups is 2. The topological polar surface area (TPSA) is 145 Å². The number of fused-ring (bicyclic) bond motifs is 1. The first-order valence-corrected chi connectivity index (χ1v) is 12.2. The van der Waals surface area contributed by atoms with Crippen LogP contribution in [-0.4, -0.2) is 55.7 Å². The molecule has 14 heteroatoms. The van der Waals surface area contributed by atoms with E-state index in [0.29, 0.717) is 36.1 Å². The summed E-state index contributed by atoms with van der Waals surface area (Å²) in [4.78, 5) is 47.0. The highest BCUT2D eigenvalue weighted by molar-refractivity contribution is 7.17. The Morgan fingerprint density at radius 2 is 2.03 bits per heavy atom. The van der Waals surface area contributed by atoms with Crippen molar-refractivity contribution < 1.29 is 23.6 Å². The van der Waals surface area contributed by atoms with Gasteiger partial charge in [0.25, 0.3) is 5.91 Å². The average Bonchev–Trinajstić information content (AvgIpc) is 3.64. The van der Waals surface area contributed by atoms with Gasteiger partial charge in [-0.3, -0.25) is 14.9 Å². The van der Waals surface area contributed by atoms with Gasteiger partial charge in [-0.25, -0.2) is 13.9 Å². The molecule has 1 amide bonds. The normalized spacial score (nSPS) is 15.2. The summed E-state index contributed by atoms with van der Waals surface area (Å²) in [5.74, 6) is -1.11. The van der Waals surface area contributed by atoms with Crippen LogP contribution in [0.2, 0.25) is 0 Å². The molecule has 0 saturated carbocycles. The number of hydrogen-bond donors (Lipinski definition) is 1. The predicted molar refractivity (Wildman–Crippen MR) is 133 cm³/mol. The van der Waals surface area contributed by atoms with E-state index >= 15 is 0 Å². The second-order valence-corrected chi connectivity index (χ2v) is 9.16. The van der Waals surface area contributed by atoms with Gasteiger partial charge in [0.2, 0.25) is 5.95 Å². The van der Waals surface area contributed by atoms with Gasteiger partial charge in [-0.15, -0.1) is 0 Å². The monoisotopic (exact) mass is 525 g/mol. The van der Waals surface area contributed by atoms with Crippen LogP contribution in [0.3, 0.4) is 0 Å². The fourth-order valence-electron chi connectivity index (χ4n) is 4.10. The van der Waals surface area contributed by atoms with Crippen molar-refractivity contribution in [1.29, 1.82) is 0 Å². The number of aromatic nitrogens is 4. The fourth-order valence-corrected chi connectivity index (χ4v) is 4.81. The van der Waals surface area contributed by atoms with Crippen LogP contribution in [0.15, 0.2) is 42.6 Å². The van der Waals surface area contributed by atoms with E-state index < -0.39 is 28.7 Å². The second kappa shape index (κ2) is 9.89. The van der Waals surface area contributed by atoms with Gasteiger partial charge in [0.15, 0.2) is 5.65 Å². The number of hydrogen-bond acceptors (Lipinski definition) is 10. The van der Waals surface area contributed by atoms with Crippen LogP contribution in [0.1, 0.15) is 29.4 Å². The van der Waals surface area contributed by atoms with Crippen LogP contribution in [0.5, 0.6) is 0 Å². The van der Waals surface area contributed by atoms with Crippen molar-refractivity contribution in [3.63, 3.8) is 0 Å². The van der Waals surface area contributed by atoms with E-state index in [4.69, 9.17) is 4.74 Å². The van der Waals surface area contributed by atoms with Crippen molar-refractivity contribution in [2.24, 2.45) is 0 Å². The quantitative estimate of drug-likeness (QED) is 0.217. The molecule has 12 nitrogen and oxygen atoms in total. The first-order valence-electron chi connectivity index (χ1n) is 11.4. The summed E-state index contributed by atoms with van der Waals surface area (Å²) in [6.45, 7) is 2.45. The highest BCUT2D eigenvalue weighted by atomic mass is 32.1. The predicted octanol–water partition coefficient (Wildman–Crippen LogP) is 3.71. The number of nitro groups is 1. The Hall–Kier alpha value is -4.46. The van der Waals surface area contributed by atoms with Gasteiger partial charge in [0.05, 0.1) is 33.7 Å². The fraction of sp³-hybridized carbons (Fsp3) is 0.261. The maximum atomic E-state index is 13.5. The van der Waals surface area contributed by atoms with Gasteiger partial charge in [0, 0.05) is 12.6 Å². The molecule has 3 aromatic heterocycles. The molecule has 4 heterocycles. The molecule has 4 aromatic rings. The number of rotatable bonds is 7. The van der Waals surface area contributed by atoms with E-state index in [1.54, 1.807) is 11.8 Å². The Labute approximate surface area is 212 Å². The maximum absolute atomic E-state index is 13.5. The standard InChI is InChI=1S/C23H20FN7O5S/c1-2-36-22(33)16-4-3-11-29(16)23-27-19(26-21(32)17-9-10-18(37-17)31(34)35)15-12-25-30(20(15)28-23)14-7-5-13(24)6-8-14/h5-10,12,16H,2-4,11H2,1H3,(H,26,27,28,32)/t16-/m0/s1. The molecule has 1 aromatic carbocycles. The minimum absolute atomic E-state index is 0.115. The lowest BCUT2D eigenvalue weighted by Gasteiger charge is -2.23. The number of carbonyl (C=O) groups excluding carboxylic acids is 2. The zero-order valence-corrected chi connectivity index (χ0v) is 20.3. The summed E-state index contributed by atoms with van der Waals surface area (Å²) in [5.41, 5.74) is 0.842. The van der Waals surface area contributed by atoms with E-state index in [2.05, 4.69) is 20.4 Å². The van der Waals surface area contributed by atoms with Crippen LogP contribution in [0.4, 0.5) is 21.2 Å². The molecule has 0 spiro atoms. The number of thiophene rings is 1. The van der Waals surface area contributed by atoms with Gasteiger partial charge in [0.1, 0.15) is 17.7 Å². The lowest BCUT2D eigenvalue weighted by atomic mass is 10.2. The minimum atomic E-state index is -0.595. The van der Waals surface area contributed by atoms with E-state index in [1.807, 2.05) is 0 Å². The molecule has 37 heavy (non-hydrogen) atoms. The van der Waals surface area contributed by atoms with Crippen molar-refractivity contribution in [3.05, 3.63) is 63.4 Å². The van der Waals surface area contributed by atoms with Crippen LogP contribution in [0, 0.1) is 15.9 Å². The first-order chi connectivity index (χ1) is 17.9. The summed E-state index contributed by atoms with van der Waals surface area (Å²) in [7, 11) is 0. The molecule has 1 aliphatic rings. The van der Waals surface area contributed by atoms with Crippen molar-refractivity contribution in [2.75, 3.05) is 23.4 Å². The van der Waals surface area contributed by atoms with Crippen molar-refractivity contribution in [2.45, 2.75) is 25.8 Å². The molecular weight excluding hydrogens is 505 g/mol. The van der Waals surface area contributed by atoms with Gasteiger partial charge in [-0.05, 0) is 50.1 Å². The number of nitrogens with one attached hydrogen (secondary N) is 1. The Bertz CT molecular complexity index is 1500.